The first-order chi connectivity index (χ1) is 8.66. The Labute approximate surface area is 119 Å². The van der Waals surface area contributed by atoms with Crippen LogP contribution in [0.2, 0.25) is 5.15 Å². The minimum atomic E-state index is 0.404. The molecule has 2 N–H and O–H groups in total. The van der Waals surface area contributed by atoms with Crippen LogP contribution in [0.3, 0.4) is 0 Å². The van der Waals surface area contributed by atoms with Gasteiger partial charge in [0, 0.05) is 10.0 Å². The lowest BCUT2D eigenvalue weighted by atomic mass is 10.1. The smallest absolute Gasteiger partial charge is 0.138 e. The highest BCUT2D eigenvalue weighted by atomic mass is 79.9. The summed E-state index contributed by atoms with van der Waals surface area (Å²) in [5, 5.41) is 0.404. The van der Waals surface area contributed by atoms with Gasteiger partial charge >= 0.3 is 0 Å². The number of benzene rings is 1. The molecule has 3 nitrogen and oxygen atoms in total. The highest BCUT2D eigenvalue weighted by Gasteiger charge is 2.04. The molecule has 0 atom stereocenters. The Hall–Kier alpha value is -1.39. The van der Waals surface area contributed by atoms with Crippen molar-refractivity contribution in [3.05, 3.63) is 57.4 Å². The average molecular weight is 325 g/mol. The number of allylic oxidation sites excluding steroid dienone is 1. The van der Waals surface area contributed by atoms with Gasteiger partial charge in [0.1, 0.15) is 17.3 Å². The maximum Gasteiger partial charge on any atom is 0.138 e. The van der Waals surface area contributed by atoms with E-state index < -0.39 is 0 Å². The maximum atomic E-state index is 5.96. The third-order valence-electron chi connectivity index (χ3n) is 2.41. The minimum Gasteiger partial charge on any atom is -0.383 e. The molecule has 1 aromatic carbocycles. The van der Waals surface area contributed by atoms with Gasteiger partial charge in [-0.3, -0.25) is 0 Å². The second-order valence-electron chi connectivity index (χ2n) is 3.69. The molecule has 2 aromatic rings. The molecule has 18 heavy (non-hydrogen) atoms. The fourth-order valence-electron chi connectivity index (χ4n) is 1.52. The Morgan fingerprint density at radius 1 is 1.33 bits per heavy atom. The van der Waals surface area contributed by atoms with Crippen LogP contribution < -0.4 is 5.73 Å². The largest absolute Gasteiger partial charge is 0.383 e. The van der Waals surface area contributed by atoms with Crippen molar-refractivity contribution < 1.29 is 0 Å². The molecule has 0 saturated carbocycles. The summed E-state index contributed by atoms with van der Waals surface area (Å²) < 4.78 is 1.05. The predicted octanol–water partition coefficient (Wildman–Crippen LogP) is 3.73. The van der Waals surface area contributed by atoms with E-state index in [4.69, 9.17) is 17.3 Å². The SMILES string of the molecule is Nc1ncnc(Cl)c1C/C=C/c1cccc(Br)c1. The van der Waals surface area contributed by atoms with Gasteiger partial charge in [-0.1, -0.05) is 51.8 Å². The Bertz CT molecular complexity index is 564. The number of hydrogen-bond acceptors (Lipinski definition) is 3. The highest BCUT2D eigenvalue weighted by Crippen LogP contribution is 2.19. The number of hydrogen-bond donors (Lipinski definition) is 1. The Balaban J connectivity index is 2.12. The molecule has 0 amide bonds. The second-order valence-corrected chi connectivity index (χ2v) is 4.96. The fourth-order valence-corrected chi connectivity index (χ4v) is 2.15. The van der Waals surface area contributed by atoms with Gasteiger partial charge in [0.25, 0.3) is 0 Å². The molecule has 0 spiro atoms. The third-order valence-corrected chi connectivity index (χ3v) is 3.23. The molecule has 2 rings (SSSR count). The van der Waals surface area contributed by atoms with Gasteiger partial charge in [-0.25, -0.2) is 9.97 Å². The molecule has 1 aromatic heterocycles. The zero-order valence-electron chi connectivity index (χ0n) is 9.48. The summed E-state index contributed by atoms with van der Waals surface area (Å²) in [6.07, 6.45) is 5.97. The van der Waals surface area contributed by atoms with E-state index in [9.17, 15) is 0 Å². The first-order valence-corrected chi connectivity index (χ1v) is 6.51. The summed E-state index contributed by atoms with van der Waals surface area (Å²) in [6.45, 7) is 0. The van der Waals surface area contributed by atoms with E-state index in [1.54, 1.807) is 0 Å². The Morgan fingerprint density at radius 3 is 2.89 bits per heavy atom. The van der Waals surface area contributed by atoms with Crippen molar-refractivity contribution in [2.75, 3.05) is 5.73 Å². The van der Waals surface area contributed by atoms with Gasteiger partial charge in [0.05, 0.1) is 0 Å². The first kappa shape index (κ1) is 13.1. The summed E-state index contributed by atoms with van der Waals surface area (Å²) in [4.78, 5) is 7.83. The summed E-state index contributed by atoms with van der Waals surface area (Å²) >= 11 is 9.39. The number of nitrogens with two attached hydrogens (primary N) is 1. The van der Waals surface area contributed by atoms with Crippen molar-refractivity contribution in [1.29, 1.82) is 0 Å². The van der Waals surface area contributed by atoms with Crippen LogP contribution in [0.1, 0.15) is 11.1 Å². The van der Waals surface area contributed by atoms with Crippen LogP contribution in [-0.2, 0) is 6.42 Å². The quantitative estimate of drug-likeness (QED) is 0.875. The van der Waals surface area contributed by atoms with Gasteiger partial charge in [0.2, 0.25) is 0 Å². The van der Waals surface area contributed by atoms with Crippen LogP contribution in [-0.4, -0.2) is 9.97 Å². The van der Waals surface area contributed by atoms with Crippen LogP contribution in [0.25, 0.3) is 6.08 Å². The maximum absolute atomic E-state index is 5.96. The van der Waals surface area contributed by atoms with Crippen LogP contribution in [0.15, 0.2) is 41.1 Å². The van der Waals surface area contributed by atoms with Gasteiger partial charge in [-0.15, -0.1) is 0 Å². The third kappa shape index (κ3) is 3.31. The predicted molar refractivity (Wildman–Crippen MR) is 78.3 cm³/mol. The second kappa shape index (κ2) is 5.98. The summed E-state index contributed by atoms with van der Waals surface area (Å²) in [5.41, 5.74) is 7.61. The van der Waals surface area contributed by atoms with E-state index >= 15 is 0 Å². The number of anilines is 1. The lowest BCUT2D eigenvalue weighted by molar-refractivity contribution is 1.10. The summed E-state index contributed by atoms with van der Waals surface area (Å²) in [6, 6.07) is 8.02. The molecule has 0 unspecified atom stereocenters. The van der Waals surface area contributed by atoms with Crippen molar-refractivity contribution in [3.8, 4) is 0 Å². The fraction of sp³-hybridized carbons (Fsp3) is 0.0769. The van der Waals surface area contributed by atoms with E-state index in [0.717, 1.165) is 15.6 Å². The van der Waals surface area contributed by atoms with Crippen molar-refractivity contribution in [3.63, 3.8) is 0 Å². The molecule has 5 heteroatoms. The molecular formula is C13H11BrClN3. The van der Waals surface area contributed by atoms with Crippen molar-refractivity contribution >= 4 is 39.4 Å². The molecule has 0 aliphatic heterocycles. The van der Waals surface area contributed by atoms with E-state index in [2.05, 4.69) is 25.9 Å². The summed E-state index contributed by atoms with van der Waals surface area (Å²) in [5.74, 6) is 0.425. The van der Waals surface area contributed by atoms with Gasteiger partial charge in [0.15, 0.2) is 0 Å². The average Bonchev–Trinajstić information content (AvgIpc) is 2.33. The molecule has 1 heterocycles. The molecule has 92 valence electrons. The van der Waals surface area contributed by atoms with Crippen LogP contribution in [0.4, 0.5) is 5.82 Å². The normalized spacial score (nSPS) is 11.0. The van der Waals surface area contributed by atoms with Gasteiger partial charge < -0.3 is 5.73 Å². The number of aromatic nitrogens is 2. The van der Waals surface area contributed by atoms with Crippen molar-refractivity contribution in [2.24, 2.45) is 0 Å². The van der Waals surface area contributed by atoms with Crippen LogP contribution in [0.5, 0.6) is 0 Å². The number of nitrogens with zero attached hydrogens (tertiary/aromatic N) is 2. The monoisotopic (exact) mass is 323 g/mol. The van der Waals surface area contributed by atoms with Gasteiger partial charge in [-0.05, 0) is 24.1 Å². The topological polar surface area (TPSA) is 51.8 Å². The molecule has 0 saturated heterocycles. The van der Waals surface area contributed by atoms with Crippen LogP contribution in [0, 0.1) is 0 Å². The van der Waals surface area contributed by atoms with E-state index in [1.165, 1.54) is 6.33 Å². The molecule has 0 bridgehead atoms. The van der Waals surface area contributed by atoms with E-state index in [0.29, 0.717) is 17.4 Å². The van der Waals surface area contributed by atoms with Crippen molar-refractivity contribution in [2.45, 2.75) is 6.42 Å². The highest BCUT2D eigenvalue weighted by molar-refractivity contribution is 9.10. The van der Waals surface area contributed by atoms with Gasteiger partial charge in [-0.2, -0.15) is 0 Å². The standard InChI is InChI=1S/C13H11BrClN3/c14-10-5-1-3-9(7-10)4-2-6-11-12(15)17-8-18-13(11)16/h1-5,7-8H,6H2,(H2,16,17,18)/b4-2+. The van der Waals surface area contributed by atoms with Crippen LogP contribution >= 0.6 is 27.5 Å². The van der Waals surface area contributed by atoms with E-state index in [1.807, 2.05) is 36.4 Å². The number of halogens is 2. The minimum absolute atomic E-state index is 0.404. The van der Waals surface area contributed by atoms with Crippen molar-refractivity contribution in [1.82, 2.24) is 9.97 Å². The zero-order valence-corrected chi connectivity index (χ0v) is 11.8. The molecule has 0 radical (unpaired) electrons. The summed E-state index contributed by atoms with van der Waals surface area (Å²) in [7, 11) is 0. The lowest BCUT2D eigenvalue weighted by Crippen LogP contribution is -1.99. The molecule has 0 aliphatic rings. The Morgan fingerprint density at radius 2 is 2.17 bits per heavy atom. The lowest BCUT2D eigenvalue weighted by Gasteiger charge is -2.02. The zero-order chi connectivity index (χ0) is 13.0. The number of nitrogen functional groups attached to an aromatic ring is 1. The molecule has 0 fully saturated rings. The molecule has 0 aliphatic carbocycles. The number of rotatable bonds is 3. The van der Waals surface area contributed by atoms with E-state index in [-0.39, 0.29) is 0 Å². The first-order valence-electron chi connectivity index (χ1n) is 5.34. The Kier molecular flexibility index (Phi) is 4.33. The molecular weight excluding hydrogens is 314 g/mol.